The fourth-order valence-electron chi connectivity index (χ4n) is 0. The van der Waals surface area contributed by atoms with Crippen molar-refractivity contribution in [3.63, 3.8) is 0 Å². The van der Waals surface area contributed by atoms with Crippen LogP contribution in [0.1, 0.15) is 0 Å². The van der Waals surface area contributed by atoms with Gasteiger partial charge in [-0.15, -0.1) is 0 Å². The average molecular weight is 428 g/mol. The number of rotatable bonds is 0. The molecule has 8 heteroatoms. The molecule has 0 fully saturated rings. The van der Waals surface area contributed by atoms with Crippen LogP contribution in [0.3, 0.4) is 0 Å². The Morgan fingerprint density at radius 2 is 0.625 bits per heavy atom. The Bertz CT molecular complexity index is 67.1. The fraction of sp³-hybridized carbons (Fsp3) is 0. The third-order valence-electron chi connectivity index (χ3n) is 0. The summed E-state index contributed by atoms with van der Waals surface area (Å²) in [6, 6.07) is 0. The van der Waals surface area contributed by atoms with E-state index >= 15 is 0 Å². The standard InChI is InChI=1S/6ClH.Ir.Na/h6*1H;;/q;;;;;;+5;+1/p-6. The van der Waals surface area contributed by atoms with Gasteiger partial charge in [0.1, 0.15) is 0 Å². The predicted octanol–water partition coefficient (Wildman–Crippen LogP) is 1.14. The molecule has 0 spiro atoms. The molecule has 0 aromatic carbocycles. The van der Waals surface area contributed by atoms with Crippen molar-refractivity contribution in [1.29, 1.82) is 0 Å². The van der Waals surface area contributed by atoms with Crippen LogP contribution < -0.4 is 29.6 Å². The summed E-state index contributed by atoms with van der Waals surface area (Å²) in [4.78, 5) is 0. The van der Waals surface area contributed by atoms with Gasteiger partial charge in [-0.3, -0.25) is 0 Å². The van der Waals surface area contributed by atoms with Crippen LogP contribution >= 0.6 is 57.5 Å². The van der Waals surface area contributed by atoms with Gasteiger partial charge in [0.15, 0.2) is 0 Å². The topological polar surface area (TPSA) is 0 Å². The van der Waals surface area contributed by atoms with Gasteiger partial charge in [0.05, 0.1) is 0 Å². The zero-order chi connectivity index (χ0) is 6.41. The molecule has 0 aromatic rings. The smallest absolute Gasteiger partial charge is 1.00 e. The Kier molecular flexibility index (Phi) is 4.72. The summed E-state index contributed by atoms with van der Waals surface area (Å²) in [5, 5.41) is 0. The molecule has 0 aromatic heterocycles. The van der Waals surface area contributed by atoms with Gasteiger partial charge in [-0.2, -0.15) is 0 Å². The van der Waals surface area contributed by atoms with Crippen molar-refractivity contribution in [1.82, 2.24) is 0 Å². The van der Waals surface area contributed by atoms with Crippen molar-refractivity contribution in [2.75, 3.05) is 0 Å². The van der Waals surface area contributed by atoms with E-state index in [1.807, 2.05) is 0 Å². The van der Waals surface area contributed by atoms with Gasteiger partial charge in [-0.1, -0.05) is 0 Å². The largest absolute Gasteiger partial charge is 1.00 e. The van der Waals surface area contributed by atoms with Crippen LogP contribution in [0.4, 0.5) is 0 Å². The van der Waals surface area contributed by atoms with E-state index in [0.717, 1.165) is 0 Å². The molecule has 52 valence electrons. The van der Waals surface area contributed by atoms with Gasteiger partial charge >= 0.3 is 93.9 Å². The summed E-state index contributed by atoms with van der Waals surface area (Å²) in [6.07, 6.45) is 0. The molecule has 0 heterocycles. The van der Waals surface area contributed by atoms with Crippen LogP contribution in [0, 0.1) is 0 Å². The molecule has 0 aliphatic heterocycles. The molecule has 0 rings (SSSR count). The summed E-state index contributed by atoms with van der Waals surface area (Å²) in [5.41, 5.74) is 0. The first kappa shape index (κ1) is 13.9. The molecule has 0 saturated carbocycles. The normalized spacial score (nSPS) is 20.2. The quantitative estimate of drug-likeness (QED) is 0.509. The first-order chi connectivity index (χ1) is 2.45. The van der Waals surface area contributed by atoms with Gasteiger partial charge in [0, 0.05) is 0 Å². The van der Waals surface area contributed by atoms with Gasteiger partial charge in [-0.25, -0.2) is 0 Å². The Morgan fingerprint density at radius 1 is 0.625 bits per heavy atom. The van der Waals surface area contributed by atoms with Crippen LogP contribution in [0.25, 0.3) is 0 Å². The van der Waals surface area contributed by atoms with Crippen LogP contribution in [0.2, 0.25) is 0 Å². The maximum atomic E-state index is 5.06. The van der Waals surface area contributed by atoms with E-state index in [1.165, 1.54) is 0 Å². The third-order valence-corrected chi connectivity index (χ3v) is 0. The average Bonchev–Trinajstić information content (AvgIpc) is 0.592. The Morgan fingerprint density at radius 3 is 0.625 bits per heavy atom. The van der Waals surface area contributed by atoms with Crippen LogP contribution in [0.5, 0.6) is 0 Å². The second-order valence-corrected chi connectivity index (χ2v) is 52.6. The summed E-state index contributed by atoms with van der Waals surface area (Å²) in [7, 11) is 30.3. The Labute approximate surface area is 91.9 Å². The Hall–Kier alpha value is 3.39. The molecule has 0 N–H and O–H groups in total. The molecule has 0 amide bonds. The number of hydrogen-bond acceptors (Lipinski definition) is 0. The fourth-order valence-corrected chi connectivity index (χ4v) is 0. The van der Waals surface area contributed by atoms with Crippen LogP contribution in [-0.4, -0.2) is 0 Å². The van der Waals surface area contributed by atoms with Gasteiger partial charge in [-0.05, 0) is 0 Å². The number of hydrogen-bond donors (Lipinski definition) is 0. The first-order valence-corrected chi connectivity index (χ1v) is 18.6. The minimum atomic E-state index is -5.33. The maximum absolute atomic E-state index is 5.33. The van der Waals surface area contributed by atoms with Crippen molar-refractivity contribution < 1.29 is 36.4 Å². The first-order valence-electron chi connectivity index (χ1n) is 0.756. The van der Waals surface area contributed by atoms with E-state index in [0.29, 0.717) is 0 Å². The van der Waals surface area contributed by atoms with E-state index in [4.69, 9.17) is 57.5 Å². The molecule has 0 saturated heterocycles. The minimum Gasteiger partial charge on any atom is 1.00 e. The third kappa shape index (κ3) is 57.5. The SMILES string of the molecule is [Cl][Ir-]([Cl])([Cl])([Cl])([Cl])[Cl].[Na+]. The van der Waals surface area contributed by atoms with Crippen molar-refractivity contribution in [3.8, 4) is 0 Å². The van der Waals surface area contributed by atoms with Crippen molar-refractivity contribution in [2.24, 2.45) is 0 Å². The summed E-state index contributed by atoms with van der Waals surface area (Å²) >= 11 is 0. The van der Waals surface area contributed by atoms with Crippen LogP contribution in [0.15, 0.2) is 0 Å². The molecule has 0 nitrogen and oxygen atoms in total. The molecule has 0 aliphatic carbocycles. The summed E-state index contributed by atoms with van der Waals surface area (Å²) < 4.78 is 0. The van der Waals surface area contributed by atoms with Gasteiger partial charge < -0.3 is 0 Å². The molecule has 0 bridgehead atoms. The molecular weight excluding hydrogens is 428 g/mol. The second kappa shape index (κ2) is 2.71. The molecule has 0 radical (unpaired) electrons. The molecule has 0 unspecified atom stereocenters. The van der Waals surface area contributed by atoms with Gasteiger partial charge in [0.2, 0.25) is 0 Å². The van der Waals surface area contributed by atoms with E-state index in [-0.39, 0.29) is 29.6 Å². The molecule has 8 heavy (non-hydrogen) atoms. The molecule has 0 atom stereocenters. The minimum absolute atomic E-state index is 0. The van der Waals surface area contributed by atoms with E-state index < -0.39 is 6.81 Å². The summed E-state index contributed by atoms with van der Waals surface area (Å²) in [6.45, 7) is -5.33. The van der Waals surface area contributed by atoms with Crippen molar-refractivity contribution >= 4 is 57.5 Å². The molecular formula is Cl6IrNa. The van der Waals surface area contributed by atoms with Gasteiger partial charge in [0.25, 0.3) is 0 Å². The predicted molar refractivity (Wildman–Crippen MR) is 35.1 cm³/mol. The maximum Gasteiger partial charge on any atom is 1.00 e. The Balaban J connectivity index is 0. The van der Waals surface area contributed by atoms with Crippen LogP contribution in [-0.2, 0) is 6.81 Å². The zero-order valence-corrected chi connectivity index (χ0v) is 12.5. The molecule has 0 aliphatic rings. The van der Waals surface area contributed by atoms with E-state index in [9.17, 15) is 0 Å². The monoisotopic (exact) mass is 426 g/mol. The van der Waals surface area contributed by atoms with Crippen molar-refractivity contribution in [3.05, 3.63) is 0 Å². The van der Waals surface area contributed by atoms with E-state index in [1.54, 1.807) is 0 Å². The van der Waals surface area contributed by atoms with E-state index in [2.05, 4.69) is 0 Å². The second-order valence-electron chi connectivity index (χ2n) is 0.714. The van der Waals surface area contributed by atoms with Crippen molar-refractivity contribution in [2.45, 2.75) is 0 Å². The summed E-state index contributed by atoms with van der Waals surface area (Å²) in [5.74, 6) is 0. The number of halogens is 6. The zero-order valence-electron chi connectivity index (χ0n) is 3.60.